The van der Waals surface area contributed by atoms with Crippen LogP contribution < -0.4 is 5.32 Å². The Labute approximate surface area is 262 Å². The van der Waals surface area contributed by atoms with E-state index in [-0.39, 0.29) is 12.5 Å². The highest BCUT2D eigenvalue weighted by molar-refractivity contribution is 5.83. The van der Waals surface area contributed by atoms with Crippen molar-refractivity contribution in [1.82, 2.24) is 20.3 Å². The van der Waals surface area contributed by atoms with Crippen LogP contribution >= 0.6 is 0 Å². The molecule has 4 rings (SSSR count). The molecule has 1 heterocycles. The molecule has 3 N–H and O–H groups in total. The van der Waals surface area contributed by atoms with Gasteiger partial charge in [0.15, 0.2) is 0 Å². The third-order valence-electron chi connectivity index (χ3n) is 6.97. The number of carboxylic acid groups (broad SMARTS) is 1. The number of amides is 1. The first-order chi connectivity index (χ1) is 21.1. The lowest BCUT2D eigenvalue weighted by Crippen LogP contribution is -2.50. The molecule has 1 amide bonds. The smallest absolute Gasteiger partial charge is 0.425 e. The molecule has 3 aromatic carbocycles. The summed E-state index contributed by atoms with van der Waals surface area (Å²) in [7, 11) is 1.84. The van der Waals surface area contributed by atoms with Gasteiger partial charge in [0.1, 0.15) is 5.60 Å². The molecular formula is C36H48N4O4. The molecule has 0 aliphatic heterocycles. The van der Waals surface area contributed by atoms with Gasteiger partial charge in [0.25, 0.3) is 0 Å². The highest BCUT2D eigenvalue weighted by Gasteiger charge is 2.26. The van der Waals surface area contributed by atoms with E-state index in [1.165, 1.54) is 18.4 Å². The van der Waals surface area contributed by atoms with Crippen molar-refractivity contribution in [2.75, 3.05) is 20.1 Å². The van der Waals surface area contributed by atoms with Gasteiger partial charge in [-0.25, -0.2) is 14.8 Å². The molecule has 0 aliphatic carbocycles. The van der Waals surface area contributed by atoms with Crippen molar-refractivity contribution in [2.45, 2.75) is 71.6 Å². The zero-order valence-electron chi connectivity index (χ0n) is 26.8. The number of nitrogens with zero attached hydrogens (tertiary/aromatic N) is 2. The lowest BCUT2D eigenvalue weighted by molar-refractivity contribution is -0.137. The molecular weight excluding hydrogens is 552 g/mol. The maximum Gasteiger partial charge on any atom is 0.425 e. The number of aliphatic carboxylic acids is 1. The van der Waals surface area contributed by atoms with E-state index in [1.54, 1.807) is 5.01 Å². The van der Waals surface area contributed by atoms with Crippen LogP contribution in [-0.2, 0) is 28.9 Å². The van der Waals surface area contributed by atoms with Crippen LogP contribution in [0.5, 0.6) is 0 Å². The summed E-state index contributed by atoms with van der Waals surface area (Å²) in [6.45, 7) is 9.00. The number of rotatable bonds is 13. The summed E-state index contributed by atoms with van der Waals surface area (Å²) in [4.78, 5) is 27.8. The number of ether oxygens (including phenoxy) is 1. The molecule has 1 atom stereocenters. The number of aryl methyl sites for hydroxylation is 1. The van der Waals surface area contributed by atoms with Crippen molar-refractivity contribution in [3.05, 3.63) is 108 Å². The van der Waals surface area contributed by atoms with Crippen LogP contribution in [0.1, 0.15) is 57.2 Å². The third kappa shape index (κ3) is 11.9. The number of hydrazine groups is 1. The van der Waals surface area contributed by atoms with Gasteiger partial charge in [-0.1, -0.05) is 92.2 Å². The maximum absolute atomic E-state index is 13.0. The Kier molecular flexibility index (Phi) is 13.5. The number of para-hydroxylation sites is 1. The number of aromatic amines is 1. The Morgan fingerprint density at radius 2 is 1.55 bits per heavy atom. The standard InChI is InChI=1S/C27H36N4O4.C9H12/c1-27(2,3)35-26(34)31(30(4)19-20-10-6-5-7-11-20)15-14-28-22(17-25(32)33)16-21-18-29-24-13-9-8-12-23(21)24;1-2-6-9-7-4-3-5-8-9/h5-13,18,22,28-29H,14-17,19H2,1-4H3,(H,32,33);3-5,7-8H,2,6H2,1H3/t22-;/m0./s1. The fourth-order valence-corrected chi connectivity index (χ4v) is 4.95. The highest BCUT2D eigenvalue weighted by Crippen LogP contribution is 2.20. The fourth-order valence-electron chi connectivity index (χ4n) is 4.95. The molecule has 0 bridgehead atoms. The average Bonchev–Trinajstić information content (AvgIpc) is 3.38. The minimum atomic E-state index is -0.868. The number of carbonyl (C=O) groups excluding carboxylic acids is 1. The average molecular weight is 601 g/mol. The molecule has 0 aliphatic rings. The van der Waals surface area contributed by atoms with E-state index in [4.69, 9.17) is 4.74 Å². The SMILES string of the molecule is CCCc1ccccc1.CN(Cc1ccccc1)N(CCN[C@H](CC(=O)O)Cc1c[nH]c2ccccc12)C(=O)OC(C)(C)C. The first kappa shape index (κ1) is 34.4. The molecule has 8 nitrogen and oxygen atoms in total. The Balaban J connectivity index is 0.000000502. The quantitative estimate of drug-likeness (QED) is 0.142. The lowest BCUT2D eigenvalue weighted by Gasteiger charge is -2.34. The van der Waals surface area contributed by atoms with E-state index in [0.717, 1.165) is 22.0 Å². The maximum atomic E-state index is 13.0. The molecule has 0 spiro atoms. The van der Waals surface area contributed by atoms with Crippen molar-refractivity contribution < 1.29 is 19.4 Å². The first-order valence-electron chi connectivity index (χ1n) is 15.3. The predicted molar refractivity (Wildman–Crippen MR) is 177 cm³/mol. The lowest BCUT2D eigenvalue weighted by atomic mass is 10.0. The second-order valence-corrected chi connectivity index (χ2v) is 12.0. The van der Waals surface area contributed by atoms with Crippen LogP contribution in [0.2, 0.25) is 0 Å². The van der Waals surface area contributed by atoms with Crippen LogP contribution in [-0.4, -0.2) is 64.0 Å². The molecule has 8 heteroatoms. The van der Waals surface area contributed by atoms with Gasteiger partial charge in [-0.2, -0.15) is 0 Å². The number of carbonyl (C=O) groups is 2. The molecule has 1 aromatic heterocycles. The van der Waals surface area contributed by atoms with Crippen molar-refractivity contribution >= 4 is 23.0 Å². The zero-order chi connectivity index (χ0) is 32.0. The number of H-pyrrole nitrogens is 1. The summed E-state index contributed by atoms with van der Waals surface area (Å²) in [6.07, 6.45) is 4.48. The molecule has 0 unspecified atom stereocenters. The van der Waals surface area contributed by atoms with E-state index < -0.39 is 17.7 Å². The molecule has 0 radical (unpaired) electrons. The highest BCUT2D eigenvalue weighted by atomic mass is 16.6. The van der Waals surface area contributed by atoms with Crippen molar-refractivity contribution in [1.29, 1.82) is 0 Å². The second-order valence-electron chi connectivity index (χ2n) is 12.0. The number of benzene rings is 3. The van der Waals surface area contributed by atoms with E-state index in [9.17, 15) is 14.7 Å². The van der Waals surface area contributed by atoms with Crippen LogP contribution in [0, 0.1) is 0 Å². The van der Waals surface area contributed by atoms with Crippen LogP contribution in [0.3, 0.4) is 0 Å². The van der Waals surface area contributed by atoms with E-state index >= 15 is 0 Å². The number of fused-ring (bicyclic) bond motifs is 1. The molecule has 4 aromatic rings. The third-order valence-corrected chi connectivity index (χ3v) is 6.97. The van der Waals surface area contributed by atoms with Crippen LogP contribution in [0.25, 0.3) is 10.9 Å². The topological polar surface area (TPSA) is 97.9 Å². The molecule has 0 saturated carbocycles. The molecule has 0 fully saturated rings. The van der Waals surface area contributed by atoms with E-state index in [1.807, 2.05) is 93.6 Å². The number of aromatic nitrogens is 1. The van der Waals surface area contributed by atoms with Gasteiger partial charge >= 0.3 is 12.1 Å². The van der Waals surface area contributed by atoms with Gasteiger partial charge in [-0.15, -0.1) is 0 Å². The largest absolute Gasteiger partial charge is 0.481 e. The van der Waals surface area contributed by atoms with E-state index in [2.05, 4.69) is 47.6 Å². The minimum Gasteiger partial charge on any atom is -0.481 e. The first-order valence-corrected chi connectivity index (χ1v) is 15.3. The summed E-state index contributed by atoms with van der Waals surface area (Å²) in [5.74, 6) is -0.868. The summed E-state index contributed by atoms with van der Waals surface area (Å²) < 4.78 is 5.63. The van der Waals surface area contributed by atoms with Gasteiger partial charge in [0.05, 0.1) is 13.0 Å². The second kappa shape index (κ2) is 17.2. The van der Waals surface area contributed by atoms with Gasteiger partial charge < -0.3 is 20.1 Å². The molecule has 0 saturated heterocycles. The number of carboxylic acids is 1. The van der Waals surface area contributed by atoms with Crippen LogP contribution in [0.15, 0.2) is 91.1 Å². The van der Waals surface area contributed by atoms with Crippen LogP contribution in [0.4, 0.5) is 4.79 Å². The zero-order valence-corrected chi connectivity index (χ0v) is 26.8. The Morgan fingerprint density at radius 3 is 2.16 bits per heavy atom. The summed E-state index contributed by atoms with van der Waals surface area (Å²) >= 11 is 0. The van der Waals surface area contributed by atoms with E-state index in [0.29, 0.717) is 26.1 Å². The van der Waals surface area contributed by atoms with Gasteiger partial charge in [0.2, 0.25) is 0 Å². The van der Waals surface area contributed by atoms with Crippen molar-refractivity contribution in [3.8, 4) is 0 Å². The Morgan fingerprint density at radius 1 is 0.932 bits per heavy atom. The Hall–Kier alpha value is -4.14. The monoisotopic (exact) mass is 600 g/mol. The Bertz CT molecular complexity index is 1420. The number of hydrogen-bond acceptors (Lipinski definition) is 5. The van der Waals surface area contributed by atoms with Crippen molar-refractivity contribution in [3.63, 3.8) is 0 Å². The number of hydrogen-bond donors (Lipinski definition) is 3. The van der Waals surface area contributed by atoms with Gasteiger partial charge in [-0.3, -0.25) is 4.79 Å². The molecule has 44 heavy (non-hydrogen) atoms. The normalized spacial score (nSPS) is 12.0. The van der Waals surface area contributed by atoms with Gasteiger partial charge in [-0.05, 0) is 56.4 Å². The predicted octanol–water partition coefficient (Wildman–Crippen LogP) is 7.07. The summed E-state index contributed by atoms with van der Waals surface area (Å²) in [5.41, 5.74) is 3.97. The fraction of sp³-hybridized carbons (Fsp3) is 0.389. The summed E-state index contributed by atoms with van der Waals surface area (Å²) in [6, 6.07) is 28.1. The summed E-state index contributed by atoms with van der Waals surface area (Å²) in [5, 5.41) is 17.3. The minimum absolute atomic E-state index is 0.0220. The van der Waals surface area contributed by atoms with Crippen molar-refractivity contribution in [2.24, 2.45) is 0 Å². The van der Waals surface area contributed by atoms with Gasteiger partial charge in [0, 0.05) is 43.3 Å². The molecule has 236 valence electrons. The number of nitrogens with one attached hydrogen (secondary N) is 2.